The van der Waals surface area contributed by atoms with Gasteiger partial charge in [-0.25, -0.2) is 15.2 Å². The maximum atomic E-state index is 13.0. The molecule has 3 N–H and O–H groups in total. The van der Waals surface area contributed by atoms with Crippen molar-refractivity contribution in [2.75, 3.05) is 5.43 Å². The van der Waals surface area contributed by atoms with Crippen LogP contribution in [-0.2, 0) is 0 Å². The van der Waals surface area contributed by atoms with Gasteiger partial charge in [-0.05, 0) is 34.1 Å². The predicted octanol–water partition coefficient (Wildman–Crippen LogP) is 3.06. The van der Waals surface area contributed by atoms with Crippen molar-refractivity contribution in [3.8, 4) is 11.5 Å². The van der Waals surface area contributed by atoms with Gasteiger partial charge >= 0.3 is 0 Å². The zero-order valence-corrected chi connectivity index (χ0v) is 10.2. The molecule has 4 nitrogen and oxygen atoms in total. The molecule has 2 rings (SSSR count). The SMILES string of the molecule is NNc1cc(Oc2cc(F)ccc2Br)ccn1. The van der Waals surface area contributed by atoms with Crippen molar-refractivity contribution in [1.29, 1.82) is 0 Å². The molecule has 1 aromatic heterocycles. The molecule has 1 aromatic carbocycles. The van der Waals surface area contributed by atoms with Crippen LogP contribution in [0.3, 0.4) is 0 Å². The van der Waals surface area contributed by atoms with Crippen LogP contribution in [0.2, 0.25) is 0 Å². The van der Waals surface area contributed by atoms with Gasteiger partial charge in [-0.3, -0.25) is 0 Å². The second kappa shape index (κ2) is 5.11. The van der Waals surface area contributed by atoms with E-state index >= 15 is 0 Å². The van der Waals surface area contributed by atoms with Gasteiger partial charge in [0, 0.05) is 18.3 Å². The first-order valence-electron chi connectivity index (χ1n) is 4.74. The van der Waals surface area contributed by atoms with Crippen LogP contribution in [0.1, 0.15) is 0 Å². The van der Waals surface area contributed by atoms with Gasteiger partial charge in [0.1, 0.15) is 23.1 Å². The summed E-state index contributed by atoms with van der Waals surface area (Å²) < 4.78 is 19.2. The fourth-order valence-electron chi connectivity index (χ4n) is 1.24. The number of hydrazine groups is 1. The molecule has 0 saturated heterocycles. The van der Waals surface area contributed by atoms with Crippen molar-refractivity contribution in [2.45, 2.75) is 0 Å². The van der Waals surface area contributed by atoms with Gasteiger partial charge in [-0.1, -0.05) is 0 Å². The first-order valence-corrected chi connectivity index (χ1v) is 5.54. The molecule has 0 aliphatic rings. The molecule has 0 aliphatic heterocycles. The Labute approximate surface area is 106 Å². The Hall–Kier alpha value is -1.66. The van der Waals surface area contributed by atoms with E-state index in [1.807, 2.05) is 0 Å². The number of hydrogen-bond donors (Lipinski definition) is 2. The van der Waals surface area contributed by atoms with Gasteiger partial charge in [0.2, 0.25) is 0 Å². The Morgan fingerprint density at radius 2 is 2.12 bits per heavy atom. The highest BCUT2D eigenvalue weighted by atomic mass is 79.9. The zero-order chi connectivity index (χ0) is 12.3. The van der Waals surface area contributed by atoms with E-state index in [1.54, 1.807) is 18.2 Å². The van der Waals surface area contributed by atoms with Gasteiger partial charge in [0.25, 0.3) is 0 Å². The van der Waals surface area contributed by atoms with E-state index in [1.165, 1.54) is 18.3 Å². The lowest BCUT2D eigenvalue weighted by atomic mass is 10.3. The van der Waals surface area contributed by atoms with Crippen molar-refractivity contribution < 1.29 is 9.13 Å². The average Bonchev–Trinajstić information content (AvgIpc) is 2.34. The van der Waals surface area contributed by atoms with E-state index < -0.39 is 0 Å². The van der Waals surface area contributed by atoms with E-state index in [0.29, 0.717) is 21.8 Å². The molecule has 17 heavy (non-hydrogen) atoms. The van der Waals surface area contributed by atoms with E-state index in [9.17, 15) is 4.39 Å². The Bertz CT molecular complexity index is 536. The first kappa shape index (κ1) is 11.8. The summed E-state index contributed by atoms with van der Waals surface area (Å²) in [4.78, 5) is 3.94. The molecule has 2 aromatic rings. The third-order valence-corrected chi connectivity index (χ3v) is 2.66. The summed E-state index contributed by atoms with van der Waals surface area (Å²) in [6, 6.07) is 7.47. The van der Waals surface area contributed by atoms with Crippen LogP contribution in [0.25, 0.3) is 0 Å². The lowest BCUT2D eigenvalue weighted by Gasteiger charge is -2.08. The van der Waals surface area contributed by atoms with Gasteiger partial charge in [0.05, 0.1) is 4.47 Å². The van der Waals surface area contributed by atoms with Crippen molar-refractivity contribution in [2.24, 2.45) is 5.84 Å². The molecule has 0 aliphatic carbocycles. The molecule has 0 radical (unpaired) electrons. The Kier molecular flexibility index (Phi) is 3.55. The van der Waals surface area contributed by atoms with E-state index in [2.05, 4.69) is 26.3 Å². The fraction of sp³-hybridized carbons (Fsp3) is 0. The summed E-state index contributed by atoms with van der Waals surface area (Å²) in [5.41, 5.74) is 2.40. The molecule has 0 saturated carbocycles. The van der Waals surface area contributed by atoms with Crippen LogP contribution in [0.15, 0.2) is 41.0 Å². The summed E-state index contributed by atoms with van der Waals surface area (Å²) in [7, 11) is 0. The Morgan fingerprint density at radius 3 is 2.88 bits per heavy atom. The molecule has 88 valence electrons. The maximum Gasteiger partial charge on any atom is 0.144 e. The second-order valence-corrected chi connectivity index (χ2v) is 4.05. The second-order valence-electron chi connectivity index (χ2n) is 3.20. The van der Waals surface area contributed by atoms with Gasteiger partial charge in [-0.2, -0.15) is 0 Å². The number of benzene rings is 1. The number of nitrogens with one attached hydrogen (secondary N) is 1. The lowest BCUT2D eigenvalue weighted by molar-refractivity contribution is 0.473. The number of hydrogen-bond acceptors (Lipinski definition) is 4. The molecule has 0 fully saturated rings. The predicted molar refractivity (Wildman–Crippen MR) is 66.2 cm³/mol. The number of nitrogen functional groups attached to an aromatic ring is 1. The zero-order valence-electron chi connectivity index (χ0n) is 8.65. The number of ether oxygens (including phenoxy) is 1. The van der Waals surface area contributed by atoms with Gasteiger partial charge in [0.15, 0.2) is 0 Å². The molecule has 0 spiro atoms. The smallest absolute Gasteiger partial charge is 0.144 e. The Morgan fingerprint density at radius 1 is 1.29 bits per heavy atom. The summed E-state index contributed by atoms with van der Waals surface area (Å²) in [6.45, 7) is 0. The fourth-order valence-corrected chi connectivity index (χ4v) is 1.56. The number of nitrogens with zero attached hydrogens (tertiary/aromatic N) is 1. The Balaban J connectivity index is 2.27. The molecule has 0 bridgehead atoms. The van der Waals surface area contributed by atoms with E-state index in [4.69, 9.17) is 10.6 Å². The highest BCUT2D eigenvalue weighted by molar-refractivity contribution is 9.10. The van der Waals surface area contributed by atoms with Crippen LogP contribution < -0.4 is 16.0 Å². The lowest BCUT2D eigenvalue weighted by Crippen LogP contribution is -2.08. The van der Waals surface area contributed by atoms with Crippen molar-refractivity contribution in [1.82, 2.24) is 4.98 Å². The van der Waals surface area contributed by atoms with Crippen molar-refractivity contribution in [3.05, 3.63) is 46.8 Å². The standard InChI is InChI=1S/C11H9BrFN3O/c12-9-2-1-7(13)5-10(9)17-8-3-4-15-11(6-8)16-14/h1-6H,14H2,(H,15,16). The number of halogens is 2. The minimum Gasteiger partial charge on any atom is -0.456 e. The maximum absolute atomic E-state index is 13.0. The highest BCUT2D eigenvalue weighted by Gasteiger charge is 2.05. The average molecular weight is 298 g/mol. The minimum atomic E-state index is -0.366. The quantitative estimate of drug-likeness (QED) is 0.675. The van der Waals surface area contributed by atoms with Gasteiger partial charge < -0.3 is 10.2 Å². The van der Waals surface area contributed by atoms with Crippen LogP contribution in [0, 0.1) is 5.82 Å². The number of rotatable bonds is 3. The molecule has 0 unspecified atom stereocenters. The van der Waals surface area contributed by atoms with Gasteiger partial charge in [-0.15, -0.1) is 0 Å². The third-order valence-electron chi connectivity index (χ3n) is 2.00. The van der Waals surface area contributed by atoms with Crippen molar-refractivity contribution in [3.63, 3.8) is 0 Å². The summed E-state index contributed by atoms with van der Waals surface area (Å²) in [5.74, 6) is 6.23. The van der Waals surface area contributed by atoms with Crippen molar-refractivity contribution >= 4 is 21.7 Å². The highest BCUT2D eigenvalue weighted by Crippen LogP contribution is 2.30. The summed E-state index contributed by atoms with van der Waals surface area (Å²) in [6.07, 6.45) is 1.54. The first-order chi connectivity index (χ1) is 8.19. The molecular formula is C11H9BrFN3O. The van der Waals surface area contributed by atoms with Crippen LogP contribution in [0.5, 0.6) is 11.5 Å². The van der Waals surface area contributed by atoms with E-state index in [-0.39, 0.29) is 5.82 Å². The largest absolute Gasteiger partial charge is 0.456 e. The number of aromatic nitrogens is 1. The summed E-state index contributed by atoms with van der Waals surface area (Å²) in [5, 5.41) is 0. The molecule has 6 heteroatoms. The summed E-state index contributed by atoms with van der Waals surface area (Å²) >= 11 is 3.28. The van der Waals surface area contributed by atoms with Crippen LogP contribution in [-0.4, -0.2) is 4.98 Å². The number of anilines is 1. The molecule has 0 atom stereocenters. The van der Waals surface area contributed by atoms with E-state index in [0.717, 1.165) is 0 Å². The number of pyridine rings is 1. The topological polar surface area (TPSA) is 60.2 Å². The minimum absolute atomic E-state index is 0.366. The van der Waals surface area contributed by atoms with Crippen LogP contribution >= 0.6 is 15.9 Å². The third kappa shape index (κ3) is 2.92. The normalized spacial score (nSPS) is 10.1. The monoisotopic (exact) mass is 297 g/mol. The van der Waals surface area contributed by atoms with Crippen LogP contribution in [0.4, 0.5) is 10.2 Å². The molecule has 0 amide bonds. The molecule has 1 heterocycles. The number of nitrogens with two attached hydrogens (primary N) is 1. The molecular weight excluding hydrogens is 289 g/mol.